The lowest BCUT2D eigenvalue weighted by molar-refractivity contribution is -0.384. The highest BCUT2D eigenvalue weighted by Gasteiger charge is 2.08. The monoisotopic (exact) mass is 272 g/mol. The van der Waals surface area contributed by atoms with Crippen LogP contribution in [0.4, 0.5) is 11.4 Å². The average Bonchev–Trinajstić information content (AvgIpc) is 2.47. The van der Waals surface area contributed by atoms with Gasteiger partial charge in [-0.1, -0.05) is 30.3 Å². The standard InChI is InChI=1S/C15H16N2O3/c18-15(11-16-13-4-2-1-3-5-13)10-12-6-8-14(9-7-12)17(19)20/h1-9,15-16,18H,10-11H2. The lowest BCUT2D eigenvalue weighted by Crippen LogP contribution is -2.21. The first kappa shape index (κ1) is 14.0. The Morgan fingerprint density at radius 3 is 2.35 bits per heavy atom. The van der Waals surface area contributed by atoms with E-state index in [0.29, 0.717) is 13.0 Å². The van der Waals surface area contributed by atoms with E-state index >= 15 is 0 Å². The minimum Gasteiger partial charge on any atom is -0.391 e. The fourth-order valence-electron chi connectivity index (χ4n) is 1.89. The normalized spacial score (nSPS) is 11.8. The molecule has 2 rings (SSSR count). The topological polar surface area (TPSA) is 75.4 Å². The summed E-state index contributed by atoms with van der Waals surface area (Å²) in [5.41, 5.74) is 1.89. The minimum absolute atomic E-state index is 0.0608. The first-order valence-electron chi connectivity index (χ1n) is 6.35. The van der Waals surface area contributed by atoms with E-state index in [1.807, 2.05) is 30.3 Å². The SMILES string of the molecule is O=[N+]([O-])c1ccc(CC(O)CNc2ccccc2)cc1. The number of aliphatic hydroxyl groups is 1. The first-order chi connectivity index (χ1) is 9.65. The number of benzene rings is 2. The van der Waals surface area contributed by atoms with Gasteiger partial charge in [-0.25, -0.2) is 0 Å². The van der Waals surface area contributed by atoms with Gasteiger partial charge in [0.15, 0.2) is 0 Å². The Labute approximate surface area is 117 Å². The molecule has 0 bridgehead atoms. The molecule has 0 aliphatic rings. The highest BCUT2D eigenvalue weighted by molar-refractivity contribution is 5.42. The largest absolute Gasteiger partial charge is 0.391 e. The molecule has 0 fully saturated rings. The Morgan fingerprint density at radius 2 is 1.75 bits per heavy atom. The molecule has 0 aromatic heterocycles. The molecule has 0 aliphatic heterocycles. The third-order valence-corrected chi connectivity index (χ3v) is 2.93. The second-order valence-electron chi connectivity index (χ2n) is 4.53. The Bertz CT molecular complexity index is 555. The lowest BCUT2D eigenvalue weighted by Gasteiger charge is -2.12. The molecule has 0 radical (unpaired) electrons. The van der Waals surface area contributed by atoms with Crippen molar-refractivity contribution in [2.75, 3.05) is 11.9 Å². The van der Waals surface area contributed by atoms with Gasteiger partial charge in [-0.3, -0.25) is 10.1 Å². The van der Waals surface area contributed by atoms with Crippen molar-refractivity contribution in [1.29, 1.82) is 0 Å². The van der Waals surface area contributed by atoms with Gasteiger partial charge in [0.1, 0.15) is 0 Å². The van der Waals surface area contributed by atoms with Gasteiger partial charge in [0, 0.05) is 30.8 Å². The van der Waals surface area contributed by atoms with Crippen LogP contribution >= 0.6 is 0 Å². The van der Waals surface area contributed by atoms with Crippen molar-refractivity contribution in [3.05, 3.63) is 70.3 Å². The van der Waals surface area contributed by atoms with Gasteiger partial charge in [0.2, 0.25) is 0 Å². The van der Waals surface area contributed by atoms with E-state index < -0.39 is 11.0 Å². The number of para-hydroxylation sites is 1. The van der Waals surface area contributed by atoms with Crippen molar-refractivity contribution in [3.63, 3.8) is 0 Å². The van der Waals surface area contributed by atoms with Gasteiger partial charge in [-0.15, -0.1) is 0 Å². The predicted octanol–water partition coefficient (Wildman–Crippen LogP) is 2.61. The van der Waals surface area contributed by atoms with Crippen LogP contribution < -0.4 is 5.32 Å². The summed E-state index contributed by atoms with van der Waals surface area (Å²) in [6, 6.07) is 15.9. The summed E-state index contributed by atoms with van der Waals surface area (Å²) in [4.78, 5) is 10.1. The van der Waals surface area contributed by atoms with Crippen LogP contribution in [0.5, 0.6) is 0 Å². The maximum absolute atomic E-state index is 10.5. The molecular weight excluding hydrogens is 256 g/mol. The van der Waals surface area contributed by atoms with Crippen molar-refractivity contribution >= 4 is 11.4 Å². The van der Waals surface area contributed by atoms with Crippen LogP contribution in [0.3, 0.4) is 0 Å². The molecule has 0 aliphatic carbocycles. The van der Waals surface area contributed by atoms with E-state index in [2.05, 4.69) is 5.32 Å². The van der Waals surface area contributed by atoms with Crippen molar-refractivity contribution in [1.82, 2.24) is 0 Å². The van der Waals surface area contributed by atoms with Crippen LogP contribution in [0.25, 0.3) is 0 Å². The van der Waals surface area contributed by atoms with Gasteiger partial charge in [0.05, 0.1) is 11.0 Å². The van der Waals surface area contributed by atoms with Crippen molar-refractivity contribution in [2.45, 2.75) is 12.5 Å². The number of nitro benzene ring substituents is 1. The van der Waals surface area contributed by atoms with E-state index in [0.717, 1.165) is 11.3 Å². The molecule has 20 heavy (non-hydrogen) atoms. The van der Waals surface area contributed by atoms with Crippen LogP contribution in [0.2, 0.25) is 0 Å². The molecule has 1 atom stereocenters. The molecule has 1 unspecified atom stereocenters. The van der Waals surface area contributed by atoms with Gasteiger partial charge in [-0.2, -0.15) is 0 Å². The van der Waals surface area contributed by atoms with Crippen LogP contribution in [0.1, 0.15) is 5.56 Å². The number of nitrogens with zero attached hydrogens (tertiary/aromatic N) is 1. The summed E-state index contributed by atoms with van der Waals surface area (Å²) in [5.74, 6) is 0. The number of nitrogens with one attached hydrogen (secondary N) is 1. The summed E-state index contributed by atoms with van der Waals surface area (Å²) in [7, 11) is 0. The fourth-order valence-corrected chi connectivity index (χ4v) is 1.89. The quantitative estimate of drug-likeness (QED) is 0.626. The Morgan fingerprint density at radius 1 is 1.10 bits per heavy atom. The maximum atomic E-state index is 10.5. The third kappa shape index (κ3) is 4.07. The van der Waals surface area contributed by atoms with Crippen molar-refractivity contribution in [3.8, 4) is 0 Å². The number of anilines is 1. The highest BCUT2D eigenvalue weighted by Crippen LogP contribution is 2.13. The first-order valence-corrected chi connectivity index (χ1v) is 6.35. The molecular formula is C15H16N2O3. The fraction of sp³-hybridized carbons (Fsp3) is 0.200. The maximum Gasteiger partial charge on any atom is 0.269 e. The van der Waals surface area contributed by atoms with Crippen LogP contribution in [0.15, 0.2) is 54.6 Å². The van der Waals surface area contributed by atoms with Crippen LogP contribution in [0, 0.1) is 10.1 Å². The van der Waals surface area contributed by atoms with Gasteiger partial charge in [-0.05, 0) is 17.7 Å². The van der Waals surface area contributed by atoms with Gasteiger partial charge < -0.3 is 10.4 Å². The Hall–Kier alpha value is -2.40. The minimum atomic E-state index is -0.545. The number of nitro groups is 1. The zero-order valence-corrected chi connectivity index (χ0v) is 10.9. The van der Waals surface area contributed by atoms with Crippen LogP contribution in [-0.2, 0) is 6.42 Å². The second-order valence-corrected chi connectivity index (χ2v) is 4.53. The number of non-ortho nitro benzene ring substituents is 1. The van der Waals surface area contributed by atoms with Crippen molar-refractivity contribution in [2.24, 2.45) is 0 Å². The molecule has 104 valence electrons. The summed E-state index contributed by atoms with van der Waals surface area (Å²) < 4.78 is 0. The third-order valence-electron chi connectivity index (χ3n) is 2.93. The number of hydrogen-bond donors (Lipinski definition) is 2. The highest BCUT2D eigenvalue weighted by atomic mass is 16.6. The number of aliphatic hydroxyl groups excluding tert-OH is 1. The number of rotatable bonds is 6. The van der Waals surface area contributed by atoms with Gasteiger partial charge >= 0.3 is 0 Å². The number of hydrogen-bond acceptors (Lipinski definition) is 4. The van der Waals surface area contributed by atoms with E-state index in [1.165, 1.54) is 12.1 Å². The molecule has 0 saturated carbocycles. The van der Waals surface area contributed by atoms with E-state index in [-0.39, 0.29) is 5.69 Å². The molecule has 0 amide bonds. The lowest BCUT2D eigenvalue weighted by atomic mass is 10.1. The summed E-state index contributed by atoms with van der Waals surface area (Å²) in [6.45, 7) is 0.432. The predicted molar refractivity (Wildman–Crippen MR) is 77.7 cm³/mol. The second kappa shape index (κ2) is 6.68. The molecule has 2 N–H and O–H groups in total. The van der Waals surface area contributed by atoms with Crippen LogP contribution in [-0.4, -0.2) is 22.7 Å². The van der Waals surface area contributed by atoms with E-state index in [4.69, 9.17) is 0 Å². The Balaban J connectivity index is 1.85. The van der Waals surface area contributed by atoms with Gasteiger partial charge in [0.25, 0.3) is 5.69 Å². The van der Waals surface area contributed by atoms with Crippen molar-refractivity contribution < 1.29 is 10.0 Å². The molecule has 0 spiro atoms. The summed E-state index contributed by atoms with van der Waals surface area (Å²) in [6.07, 6.45) is -0.0886. The molecule has 2 aromatic carbocycles. The Kier molecular flexibility index (Phi) is 4.68. The van der Waals surface area contributed by atoms with E-state index in [1.54, 1.807) is 12.1 Å². The molecule has 0 saturated heterocycles. The smallest absolute Gasteiger partial charge is 0.269 e. The zero-order valence-electron chi connectivity index (χ0n) is 10.9. The molecule has 2 aromatic rings. The summed E-state index contributed by atoms with van der Waals surface area (Å²) >= 11 is 0. The molecule has 5 nitrogen and oxygen atoms in total. The van der Waals surface area contributed by atoms with E-state index in [9.17, 15) is 15.2 Å². The zero-order chi connectivity index (χ0) is 14.4. The molecule has 0 heterocycles. The average molecular weight is 272 g/mol. The molecule has 5 heteroatoms. The summed E-state index contributed by atoms with van der Waals surface area (Å²) in [5, 5.41) is 23.6.